The highest BCUT2D eigenvalue weighted by Crippen LogP contribution is 2.11. The summed E-state index contributed by atoms with van der Waals surface area (Å²) in [7, 11) is 0. The number of likely N-dealkylation sites (tertiary alicyclic amines) is 1. The van der Waals surface area contributed by atoms with E-state index in [2.05, 4.69) is 10.4 Å². The number of rotatable bonds is 6. The molecule has 0 spiro atoms. The molecule has 24 heavy (non-hydrogen) atoms. The Hall–Kier alpha value is -1.85. The molecule has 134 valence electrons. The Kier molecular flexibility index (Phi) is 6.82. The van der Waals surface area contributed by atoms with Crippen LogP contribution < -0.4 is 5.32 Å². The zero-order valence-corrected chi connectivity index (χ0v) is 15.2. The smallest absolute Gasteiger partial charge is 0.223 e. The number of aryl methyl sites for hydroxylation is 2. The van der Waals surface area contributed by atoms with Gasteiger partial charge in [0.15, 0.2) is 0 Å². The van der Waals surface area contributed by atoms with Crippen molar-refractivity contribution in [2.45, 2.75) is 71.9 Å². The highest BCUT2D eigenvalue weighted by atomic mass is 16.2. The molecule has 0 unspecified atom stereocenters. The van der Waals surface area contributed by atoms with Gasteiger partial charge in [-0.3, -0.25) is 14.3 Å². The summed E-state index contributed by atoms with van der Waals surface area (Å²) >= 11 is 0. The second-order valence-electron chi connectivity index (χ2n) is 6.87. The molecule has 1 aromatic heterocycles. The van der Waals surface area contributed by atoms with Crippen LogP contribution in [0, 0.1) is 13.8 Å². The van der Waals surface area contributed by atoms with Gasteiger partial charge >= 0.3 is 0 Å². The first-order valence-electron chi connectivity index (χ1n) is 9.04. The molecule has 0 saturated carbocycles. The van der Waals surface area contributed by atoms with Crippen LogP contribution in [0.5, 0.6) is 0 Å². The topological polar surface area (TPSA) is 67.2 Å². The highest BCUT2D eigenvalue weighted by Gasteiger charge is 2.17. The normalized spacial score (nSPS) is 16.5. The maximum Gasteiger partial charge on any atom is 0.223 e. The van der Waals surface area contributed by atoms with Crippen LogP contribution in [0.15, 0.2) is 6.07 Å². The van der Waals surface area contributed by atoms with Crippen LogP contribution >= 0.6 is 0 Å². The minimum atomic E-state index is -0.0628. The van der Waals surface area contributed by atoms with E-state index in [-0.39, 0.29) is 24.3 Å². The summed E-state index contributed by atoms with van der Waals surface area (Å²) < 4.78 is 1.91. The fourth-order valence-corrected chi connectivity index (χ4v) is 3.21. The largest absolute Gasteiger partial charge is 0.352 e. The lowest BCUT2D eigenvalue weighted by Crippen LogP contribution is -2.37. The van der Waals surface area contributed by atoms with Crippen LogP contribution in [0.3, 0.4) is 0 Å². The molecular weight excluding hydrogens is 304 g/mol. The Morgan fingerprint density at radius 1 is 1.17 bits per heavy atom. The molecule has 6 nitrogen and oxygen atoms in total. The summed E-state index contributed by atoms with van der Waals surface area (Å²) in [5.41, 5.74) is 2.07. The van der Waals surface area contributed by atoms with Crippen molar-refractivity contribution in [3.63, 3.8) is 0 Å². The first-order chi connectivity index (χ1) is 11.5. The predicted octanol–water partition coefficient (Wildman–Crippen LogP) is 2.19. The Bertz CT molecular complexity index is 559. The van der Waals surface area contributed by atoms with Crippen LogP contribution in [0.25, 0.3) is 0 Å². The number of nitrogens with one attached hydrogen (secondary N) is 1. The molecule has 0 aromatic carbocycles. The standard InChI is InChI=1S/C18H30N4O2/c1-14-12-16(3)22(20-14)13-15(2)19-17(23)8-9-18(24)21-10-6-4-5-7-11-21/h12,15H,4-11,13H2,1-3H3,(H,19,23)/t15-/m1/s1. The van der Waals surface area contributed by atoms with Crippen molar-refractivity contribution in [3.8, 4) is 0 Å². The van der Waals surface area contributed by atoms with Gasteiger partial charge in [0.05, 0.1) is 12.2 Å². The van der Waals surface area contributed by atoms with E-state index in [1.807, 2.05) is 36.4 Å². The van der Waals surface area contributed by atoms with E-state index in [0.29, 0.717) is 13.0 Å². The third-order valence-corrected chi connectivity index (χ3v) is 4.48. The molecular formula is C18H30N4O2. The lowest BCUT2D eigenvalue weighted by atomic mass is 10.2. The second-order valence-corrected chi connectivity index (χ2v) is 6.87. The Labute approximate surface area is 144 Å². The van der Waals surface area contributed by atoms with Gasteiger partial charge in [-0.25, -0.2) is 0 Å². The fraction of sp³-hybridized carbons (Fsp3) is 0.722. The van der Waals surface area contributed by atoms with Crippen LogP contribution in [-0.2, 0) is 16.1 Å². The van der Waals surface area contributed by atoms with E-state index in [4.69, 9.17) is 0 Å². The van der Waals surface area contributed by atoms with Crippen molar-refractivity contribution in [1.82, 2.24) is 20.0 Å². The van der Waals surface area contributed by atoms with Crippen LogP contribution in [0.2, 0.25) is 0 Å². The van der Waals surface area contributed by atoms with Gasteiger partial charge < -0.3 is 10.2 Å². The van der Waals surface area contributed by atoms with Crippen molar-refractivity contribution >= 4 is 11.8 Å². The monoisotopic (exact) mass is 334 g/mol. The molecule has 0 radical (unpaired) electrons. The lowest BCUT2D eigenvalue weighted by molar-refractivity contribution is -0.133. The van der Waals surface area contributed by atoms with E-state index in [0.717, 1.165) is 37.3 Å². The van der Waals surface area contributed by atoms with E-state index < -0.39 is 0 Å². The lowest BCUT2D eigenvalue weighted by Gasteiger charge is -2.20. The average Bonchev–Trinajstić information content (AvgIpc) is 2.73. The third kappa shape index (κ3) is 5.65. The molecule has 2 heterocycles. The van der Waals surface area contributed by atoms with Gasteiger partial charge in [-0.15, -0.1) is 0 Å². The number of aromatic nitrogens is 2. The van der Waals surface area contributed by atoms with E-state index in [1.54, 1.807) is 0 Å². The Morgan fingerprint density at radius 3 is 2.42 bits per heavy atom. The Balaban J connectivity index is 1.72. The van der Waals surface area contributed by atoms with E-state index in [9.17, 15) is 9.59 Å². The Morgan fingerprint density at radius 2 is 1.83 bits per heavy atom. The van der Waals surface area contributed by atoms with Crippen LogP contribution in [-0.4, -0.2) is 45.6 Å². The number of carbonyl (C=O) groups is 2. The second kappa shape index (κ2) is 8.85. The number of amides is 2. The third-order valence-electron chi connectivity index (χ3n) is 4.48. The van der Waals surface area contributed by atoms with Gasteiger partial charge in [-0.2, -0.15) is 5.10 Å². The molecule has 1 aliphatic rings. The van der Waals surface area contributed by atoms with E-state index >= 15 is 0 Å². The van der Waals surface area contributed by atoms with Gasteiger partial charge in [0, 0.05) is 37.7 Å². The van der Waals surface area contributed by atoms with Gasteiger partial charge in [0.25, 0.3) is 0 Å². The number of nitrogens with zero attached hydrogens (tertiary/aromatic N) is 3. The maximum atomic E-state index is 12.2. The molecule has 2 amide bonds. The molecule has 6 heteroatoms. The minimum absolute atomic E-state index is 0.0104. The van der Waals surface area contributed by atoms with Crippen molar-refractivity contribution in [2.75, 3.05) is 13.1 Å². The predicted molar refractivity (Wildman–Crippen MR) is 93.6 cm³/mol. The van der Waals surface area contributed by atoms with Gasteiger partial charge in [0.2, 0.25) is 11.8 Å². The molecule has 1 aliphatic heterocycles. The minimum Gasteiger partial charge on any atom is -0.352 e. The molecule has 1 fully saturated rings. The number of hydrogen-bond donors (Lipinski definition) is 1. The van der Waals surface area contributed by atoms with Gasteiger partial charge in [-0.1, -0.05) is 12.8 Å². The van der Waals surface area contributed by atoms with Crippen LogP contribution in [0.4, 0.5) is 0 Å². The zero-order chi connectivity index (χ0) is 17.5. The summed E-state index contributed by atoms with van der Waals surface area (Å²) in [6.45, 7) is 8.26. The number of hydrogen-bond acceptors (Lipinski definition) is 3. The summed E-state index contributed by atoms with van der Waals surface area (Å²) in [5.74, 6) is 0.0467. The van der Waals surface area contributed by atoms with Crippen molar-refractivity contribution in [3.05, 3.63) is 17.5 Å². The number of carbonyl (C=O) groups excluding carboxylic acids is 2. The molecule has 0 aliphatic carbocycles. The molecule has 1 aromatic rings. The zero-order valence-electron chi connectivity index (χ0n) is 15.2. The van der Waals surface area contributed by atoms with Crippen molar-refractivity contribution in [2.24, 2.45) is 0 Å². The fourth-order valence-electron chi connectivity index (χ4n) is 3.21. The summed E-state index contributed by atoms with van der Waals surface area (Å²) in [5, 5.41) is 7.37. The SMILES string of the molecule is Cc1cc(C)n(C[C@@H](C)NC(=O)CCC(=O)N2CCCCCC2)n1. The highest BCUT2D eigenvalue weighted by molar-refractivity contribution is 5.83. The summed E-state index contributed by atoms with van der Waals surface area (Å²) in [4.78, 5) is 26.2. The molecule has 2 rings (SSSR count). The molecule has 1 atom stereocenters. The van der Waals surface area contributed by atoms with Crippen molar-refractivity contribution in [1.29, 1.82) is 0 Å². The first-order valence-corrected chi connectivity index (χ1v) is 9.04. The summed E-state index contributed by atoms with van der Waals surface area (Å²) in [6.07, 6.45) is 5.13. The first kappa shape index (κ1) is 18.5. The van der Waals surface area contributed by atoms with Crippen molar-refractivity contribution < 1.29 is 9.59 Å². The van der Waals surface area contributed by atoms with Crippen LogP contribution in [0.1, 0.15) is 56.8 Å². The van der Waals surface area contributed by atoms with Gasteiger partial charge in [-0.05, 0) is 39.7 Å². The quantitative estimate of drug-likeness (QED) is 0.867. The molecule has 1 saturated heterocycles. The molecule has 1 N–H and O–H groups in total. The average molecular weight is 334 g/mol. The maximum absolute atomic E-state index is 12.2. The molecule has 0 bridgehead atoms. The van der Waals surface area contributed by atoms with Gasteiger partial charge in [0.1, 0.15) is 0 Å². The summed E-state index contributed by atoms with van der Waals surface area (Å²) in [6, 6.07) is 2.01. The van der Waals surface area contributed by atoms with E-state index in [1.165, 1.54) is 12.8 Å².